The van der Waals surface area contributed by atoms with Crippen molar-refractivity contribution in [3.63, 3.8) is 0 Å². The van der Waals surface area contributed by atoms with Crippen LogP contribution in [-0.2, 0) is 11.3 Å². The van der Waals surface area contributed by atoms with E-state index in [-0.39, 0.29) is 24.8 Å². The molecule has 0 fully saturated rings. The molecule has 0 unspecified atom stereocenters. The summed E-state index contributed by atoms with van der Waals surface area (Å²) in [6, 6.07) is 4.77. The zero-order valence-corrected chi connectivity index (χ0v) is 8.01. The van der Waals surface area contributed by atoms with E-state index in [1.54, 1.807) is 12.1 Å². The Labute approximate surface area is 82.1 Å². The van der Waals surface area contributed by atoms with Gasteiger partial charge in [-0.2, -0.15) is 0 Å². The Kier molecular flexibility index (Phi) is 3.59. The fourth-order valence-corrected chi connectivity index (χ4v) is 1.10. The van der Waals surface area contributed by atoms with E-state index in [0.29, 0.717) is 5.56 Å². The number of halogens is 1. The number of carbonyl (C=O) groups excluding carboxylic acids is 1. The van der Waals surface area contributed by atoms with Crippen molar-refractivity contribution in [1.29, 1.82) is 0 Å². The largest absolute Gasteiger partial charge is 0.351 e. The van der Waals surface area contributed by atoms with Gasteiger partial charge < -0.3 is 11.1 Å². The van der Waals surface area contributed by atoms with E-state index in [2.05, 4.69) is 5.32 Å². The van der Waals surface area contributed by atoms with Crippen molar-refractivity contribution in [2.75, 3.05) is 6.54 Å². The highest BCUT2D eigenvalue weighted by Gasteiger charge is 2.03. The maximum Gasteiger partial charge on any atom is 0.234 e. The molecule has 1 aromatic rings. The first-order valence-corrected chi connectivity index (χ1v) is 4.35. The molecule has 1 amide bonds. The van der Waals surface area contributed by atoms with Gasteiger partial charge in [0.2, 0.25) is 5.91 Å². The highest BCUT2D eigenvalue weighted by atomic mass is 19.1. The van der Waals surface area contributed by atoms with Crippen molar-refractivity contribution < 1.29 is 9.18 Å². The average molecular weight is 196 g/mol. The van der Waals surface area contributed by atoms with Crippen molar-refractivity contribution >= 4 is 5.91 Å². The Morgan fingerprint density at radius 3 is 2.93 bits per heavy atom. The fraction of sp³-hybridized carbons (Fsp3) is 0.300. The number of rotatable bonds is 3. The second-order valence-corrected chi connectivity index (χ2v) is 3.08. The lowest BCUT2D eigenvalue weighted by Crippen LogP contribution is -2.30. The van der Waals surface area contributed by atoms with Crippen LogP contribution in [0.3, 0.4) is 0 Å². The maximum absolute atomic E-state index is 13.1. The van der Waals surface area contributed by atoms with E-state index in [0.717, 1.165) is 5.56 Å². The highest BCUT2D eigenvalue weighted by Crippen LogP contribution is 2.09. The standard InChI is InChI=1S/C10H13FN2O/c1-7-2-3-9(11)8(4-7)6-13-10(14)5-12/h2-4H,5-6,12H2,1H3,(H,13,14). The predicted octanol–water partition coefficient (Wildman–Crippen LogP) is 0.709. The van der Waals surface area contributed by atoms with Crippen LogP contribution in [0, 0.1) is 12.7 Å². The van der Waals surface area contributed by atoms with Gasteiger partial charge in [0, 0.05) is 12.1 Å². The summed E-state index contributed by atoms with van der Waals surface area (Å²) in [7, 11) is 0. The Morgan fingerprint density at radius 1 is 1.57 bits per heavy atom. The van der Waals surface area contributed by atoms with Crippen molar-refractivity contribution in [2.45, 2.75) is 13.5 Å². The summed E-state index contributed by atoms with van der Waals surface area (Å²) in [5, 5.41) is 2.51. The molecule has 14 heavy (non-hydrogen) atoms. The third-order valence-corrected chi connectivity index (χ3v) is 1.86. The number of nitrogens with two attached hydrogens (primary N) is 1. The molecule has 0 spiro atoms. The van der Waals surface area contributed by atoms with Crippen molar-refractivity contribution in [2.24, 2.45) is 5.73 Å². The molecule has 0 bridgehead atoms. The van der Waals surface area contributed by atoms with Crippen LogP contribution in [0.4, 0.5) is 4.39 Å². The SMILES string of the molecule is Cc1ccc(F)c(CNC(=O)CN)c1. The molecule has 1 aromatic carbocycles. The molecule has 0 saturated carbocycles. The van der Waals surface area contributed by atoms with Gasteiger partial charge in [0.25, 0.3) is 0 Å². The molecule has 0 aliphatic carbocycles. The van der Waals surface area contributed by atoms with Gasteiger partial charge in [-0.05, 0) is 13.0 Å². The summed E-state index contributed by atoms with van der Waals surface area (Å²) in [5.41, 5.74) is 6.54. The fourth-order valence-electron chi connectivity index (χ4n) is 1.10. The summed E-state index contributed by atoms with van der Waals surface area (Å²) in [6.45, 7) is 1.98. The number of aryl methyl sites for hydroxylation is 1. The number of carbonyl (C=O) groups is 1. The van der Waals surface area contributed by atoms with Crippen LogP contribution < -0.4 is 11.1 Å². The summed E-state index contributed by atoms with van der Waals surface area (Å²) in [4.78, 5) is 10.8. The first-order chi connectivity index (χ1) is 6.63. The van der Waals surface area contributed by atoms with Gasteiger partial charge in [-0.1, -0.05) is 17.7 Å². The minimum absolute atomic E-state index is 0.0760. The second kappa shape index (κ2) is 4.72. The number of hydrogen-bond acceptors (Lipinski definition) is 2. The minimum atomic E-state index is -0.312. The van der Waals surface area contributed by atoms with Crippen LogP contribution >= 0.6 is 0 Å². The van der Waals surface area contributed by atoms with Crippen LogP contribution in [0.2, 0.25) is 0 Å². The second-order valence-electron chi connectivity index (χ2n) is 3.08. The molecular weight excluding hydrogens is 183 g/mol. The van der Waals surface area contributed by atoms with E-state index in [1.807, 2.05) is 6.92 Å². The van der Waals surface area contributed by atoms with Gasteiger partial charge in [0.15, 0.2) is 0 Å². The third kappa shape index (κ3) is 2.81. The zero-order chi connectivity index (χ0) is 10.6. The minimum Gasteiger partial charge on any atom is -0.351 e. The van der Waals surface area contributed by atoms with Gasteiger partial charge in [-0.15, -0.1) is 0 Å². The summed E-state index contributed by atoms with van der Waals surface area (Å²) in [6.07, 6.45) is 0. The van der Waals surface area contributed by atoms with Gasteiger partial charge in [0.1, 0.15) is 5.82 Å². The Bertz CT molecular complexity index is 339. The van der Waals surface area contributed by atoms with Crippen molar-refractivity contribution in [3.8, 4) is 0 Å². The number of nitrogens with one attached hydrogen (secondary N) is 1. The van der Waals surface area contributed by atoms with Crippen molar-refractivity contribution in [1.82, 2.24) is 5.32 Å². The van der Waals surface area contributed by atoms with E-state index in [1.165, 1.54) is 6.07 Å². The smallest absolute Gasteiger partial charge is 0.234 e. The summed E-state index contributed by atoms with van der Waals surface area (Å²) < 4.78 is 13.1. The molecule has 0 saturated heterocycles. The molecule has 0 heterocycles. The maximum atomic E-state index is 13.1. The zero-order valence-electron chi connectivity index (χ0n) is 8.01. The Hall–Kier alpha value is -1.42. The number of amides is 1. The lowest BCUT2D eigenvalue weighted by Gasteiger charge is -2.05. The van der Waals surface area contributed by atoms with Crippen LogP contribution in [-0.4, -0.2) is 12.5 Å². The molecule has 0 aliphatic rings. The van der Waals surface area contributed by atoms with Gasteiger partial charge >= 0.3 is 0 Å². The highest BCUT2D eigenvalue weighted by molar-refractivity contribution is 5.77. The first kappa shape index (κ1) is 10.7. The monoisotopic (exact) mass is 196 g/mol. The van der Waals surface area contributed by atoms with E-state index in [9.17, 15) is 9.18 Å². The van der Waals surface area contributed by atoms with Crippen LogP contribution in [0.5, 0.6) is 0 Å². The molecule has 3 nitrogen and oxygen atoms in total. The number of benzene rings is 1. The molecular formula is C10H13FN2O. The number of hydrogen-bond donors (Lipinski definition) is 2. The van der Waals surface area contributed by atoms with Crippen LogP contribution in [0.1, 0.15) is 11.1 Å². The van der Waals surface area contributed by atoms with Crippen LogP contribution in [0.15, 0.2) is 18.2 Å². The topological polar surface area (TPSA) is 55.1 Å². The molecule has 0 radical (unpaired) electrons. The predicted molar refractivity (Wildman–Crippen MR) is 52.0 cm³/mol. The summed E-state index contributed by atoms with van der Waals surface area (Å²) >= 11 is 0. The van der Waals surface area contributed by atoms with Gasteiger partial charge in [-0.3, -0.25) is 4.79 Å². The van der Waals surface area contributed by atoms with Gasteiger partial charge in [-0.25, -0.2) is 4.39 Å². The molecule has 0 atom stereocenters. The Morgan fingerprint density at radius 2 is 2.29 bits per heavy atom. The average Bonchev–Trinajstić information content (AvgIpc) is 2.19. The van der Waals surface area contributed by atoms with E-state index in [4.69, 9.17) is 5.73 Å². The summed E-state index contributed by atoms with van der Waals surface area (Å²) in [5.74, 6) is -0.598. The van der Waals surface area contributed by atoms with Gasteiger partial charge in [0.05, 0.1) is 6.54 Å². The first-order valence-electron chi connectivity index (χ1n) is 4.35. The molecule has 3 N–H and O–H groups in total. The molecule has 76 valence electrons. The lowest BCUT2D eigenvalue weighted by molar-refractivity contribution is -0.119. The molecule has 4 heteroatoms. The van der Waals surface area contributed by atoms with Crippen LogP contribution in [0.25, 0.3) is 0 Å². The molecule has 0 aliphatic heterocycles. The quantitative estimate of drug-likeness (QED) is 0.748. The molecule has 0 aromatic heterocycles. The molecule has 1 rings (SSSR count). The normalized spacial score (nSPS) is 9.93. The Balaban J connectivity index is 2.66. The van der Waals surface area contributed by atoms with E-state index >= 15 is 0 Å². The third-order valence-electron chi connectivity index (χ3n) is 1.86. The van der Waals surface area contributed by atoms with Crippen molar-refractivity contribution in [3.05, 3.63) is 35.1 Å². The lowest BCUT2D eigenvalue weighted by atomic mass is 10.1. The van der Waals surface area contributed by atoms with E-state index < -0.39 is 0 Å².